The predicted molar refractivity (Wildman–Crippen MR) is 148 cm³/mol. The van der Waals surface area contributed by atoms with Crippen molar-refractivity contribution >= 4 is 32.6 Å². The summed E-state index contributed by atoms with van der Waals surface area (Å²) in [6, 6.07) is 22.0. The van der Waals surface area contributed by atoms with Crippen LogP contribution in [0.5, 0.6) is 11.5 Å². The summed E-state index contributed by atoms with van der Waals surface area (Å²) in [7, 11) is 3.27. The minimum atomic E-state index is -0.0644. The van der Waals surface area contributed by atoms with Crippen molar-refractivity contribution in [2.75, 3.05) is 45.3 Å². The molecule has 1 aromatic heterocycles. The molecule has 0 spiro atoms. The molecular weight excluding hydrogens is 470 g/mol. The van der Waals surface area contributed by atoms with Gasteiger partial charge in [-0.2, -0.15) is 0 Å². The summed E-state index contributed by atoms with van der Waals surface area (Å²) < 4.78 is 12.0. The van der Waals surface area contributed by atoms with Gasteiger partial charge in [0, 0.05) is 18.7 Å². The Bertz CT molecular complexity index is 1240. The van der Waals surface area contributed by atoms with Gasteiger partial charge in [-0.1, -0.05) is 67.6 Å². The molecule has 6 nitrogen and oxygen atoms in total. The fraction of sp³-hybridized carbons (Fsp3) is 0.310. The number of methoxy groups -OCH3 is 2. The fourth-order valence-electron chi connectivity index (χ4n) is 4.21. The van der Waals surface area contributed by atoms with Gasteiger partial charge >= 0.3 is 0 Å². The van der Waals surface area contributed by atoms with Gasteiger partial charge < -0.3 is 14.4 Å². The van der Waals surface area contributed by atoms with E-state index >= 15 is 0 Å². The van der Waals surface area contributed by atoms with Gasteiger partial charge in [0.05, 0.1) is 14.2 Å². The van der Waals surface area contributed by atoms with Gasteiger partial charge in [0.25, 0.3) is 5.91 Å². The lowest BCUT2D eigenvalue weighted by molar-refractivity contribution is 0.0983. The van der Waals surface area contributed by atoms with Gasteiger partial charge in [0.2, 0.25) is 0 Å². The number of nitrogens with zero attached hydrogens (tertiary/aromatic N) is 3. The highest BCUT2D eigenvalue weighted by Crippen LogP contribution is 2.40. The van der Waals surface area contributed by atoms with Crippen LogP contribution in [0, 0.1) is 0 Å². The molecule has 0 aliphatic rings. The van der Waals surface area contributed by atoms with Crippen molar-refractivity contribution in [1.82, 2.24) is 9.88 Å². The summed E-state index contributed by atoms with van der Waals surface area (Å²) in [6.45, 7) is 7.41. The number of fused-ring (bicyclic) bond motifs is 1. The fourth-order valence-corrected chi connectivity index (χ4v) is 5.31. The second-order valence-electron chi connectivity index (χ2n) is 8.49. The number of carbonyl (C=O) groups excluding carboxylic acids is 1. The number of benzene rings is 3. The Kier molecular flexibility index (Phi) is 8.57. The number of thiazole rings is 1. The van der Waals surface area contributed by atoms with Crippen molar-refractivity contribution in [2.24, 2.45) is 0 Å². The van der Waals surface area contributed by atoms with Crippen molar-refractivity contribution in [3.05, 3.63) is 83.4 Å². The average Bonchev–Trinajstić information content (AvgIpc) is 3.36. The molecule has 0 bridgehead atoms. The molecule has 7 heteroatoms. The largest absolute Gasteiger partial charge is 0.495 e. The zero-order chi connectivity index (χ0) is 25.5. The number of carbonyl (C=O) groups is 1. The first kappa shape index (κ1) is 25.7. The molecule has 4 aromatic rings. The first-order valence-electron chi connectivity index (χ1n) is 12.3. The highest BCUT2D eigenvalue weighted by molar-refractivity contribution is 7.22. The van der Waals surface area contributed by atoms with E-state index in [0.717, 1.165) is 36.5 Å². The van der Waals surface area contributed by atoms with Crippen LogP contribution in [0.3, 0.4) is 0 Å². The normalized spacial score (nSPS) is 11.1. The Morgan fingerprint density at radius 1 is 0.833 bits per heavy atom. The maximum absolute atomic E-state index is 13.8. The van der Waals surface area contributed by atoms with E-state index in [1.54, 1.807) is 19.1 Å². The first-order valence-corrected chi connectivity index (χ1v) is 13.1. The second-order valence-corrected chi connectivity index (χ2v) is 9.46. The van der Waals surface area contributed by atoms with Crippen LogP contribution in [0.2, 0.25) is 0 Å². The highest BCUT2D eigenvalue weighted by atomic mass is 32.1. The maximum atomic E-state index is 13.8. The predicted octanol–water partition coefficient (Wildman–Crippen LogP) is 5.89. The van der Waals surface area contributed by atoms with Gasteiger partial charge in [-0.15, -0.1) is 0 Å². The third-order valence-corrected chi connectivity index (χ3v) is 7.45. The number of amides is 1. The molecule has 188 valence electrons. The topological polar surface area (TPSA) is 54.9 Å². The molecule has 4 rings (SSSR count). The van der Waals surface area contributed by atoms with E-state index < -0.39 is 0 Å². The van der Waals surface area contributed by atoms with E-state index in [1.807, 2.05) is 54.6 Å². The quantitative estimate of drug-likeness (QED) is 0.255. The minimum absolute atomic E-state index is 0.0644. The number of hydrogen-bond acceptors (Lipinski definition) is 6. The Morgan fingerprint density at radius 2 is 1.47 bits per heavy atom. The van der Waals surface area contributed by atoms with E-state index in [1.165, 1.54) is 22.5 Å². The molecule has 0 saturated carbocycles. The van der Waals surface area contributed by atoms with Crippen LogP contribution in [0.1, 0.15) is 35.3 Å². The molecule has 3 aromatic carbocycles. The number of anilines is 1. The Labute approximate surface area is 217 Å². The standard InChI is InChI=1S/C29H33N3O3S/c1-5-31(6-2)18-19-32(29-30-26-24(34-3)16-17-25(35-4)27(26)36-29)28(33)23-14-12-22(13-15-23)20-21-10-8-7-9-11-21/h7-17H,5-6,18-20H2,1-4H3. The van der Waals surface area contributed by atoms with E-state index in [4.69, 9.17) is 14.5 Å². The molecule has 0 aliphatic carbocycles. The molecule has 0 atom stereocenters. The van der Waals surface area contributed by atoms with E-state index in [-0.39, 0.29) is 5.91 Å². The monoisotopic (exact) mass is 503 g/mol. The van der Waals surface area contributed by atoms with E-state index in [9.17, 15) is 4.79 Å². The van der Waals surface area contributed by atoms with Crippen LogP contribution in [-0.2, 0) is 6.42 Å². The van der Waals surface area contributed by atoms with Gasteiger partial charge in [-0.05, 0) is 54.9 Å². The molecule has 1 heterocycles. The van der Waals surface area contributed by atoms with Gasteiger partial charge in [0.1, 0.15) is 21.7 Å². The molecule has 0 saturated heterocycles. The average molecular weight is 504 g/mol. The van der Waals surface area contributed by atoms with Crippen molar-refractivity contribution in [3.63, 3.8) is 0 Å². The summed E-state index contributed by atoms with van der Waals surface area (Å²) in [5, 5.41) is 0.637. The van der Waals surface area contributed by atoms with Gasteiger partial charge in [-0.25, -0.2) is 4.98 Å². The van der Waals surface area contributed by atoms with Gasteiger partial charge in [0.15, 0.2) is 5.13 Å². The van der Waals surface area contributed by atoms with Crippen LogP contribution >= 0.6 is 11.3 Å². The number of aromatic nitrogens is 1. The Morgan fingerprint density at radius 3 is 2.11 bits per heavy atom. The molecule has 36 heavy (non-hydrogen) atoms. The summed E-state index contributed by atoms with van der Waals surface area (Å²) in [4.78, 5) is 22.7. The molecule has 0 unspecified atom stereocenters. The maximum Gasteiger partial charge on any atom is 0.260 e. The van der Waals surface area contributed by atoms with Crippen LogP contribution in [0.15, 0.2) is 66.7 Å². The second kappa shape index (κ2) is 12.0. The summed E-state index contributed by atoms with van der Waals surface area (Å²) >= 11 is 1.45. The summed E-state index contributed by atoms with van der Waals surface area (Å²) in [5.41, 5.74) is 3.76. The minimum Gasteiger partial charge on any atom is -0.495 e. The van der Waals surface area contributed by atoms with Crippen LogP contribution in [-0.4, -0.2) is 56.2 Å². The number of hydrogen-bond donors (Lipinski definition) is 0. The zero-order valence-electron chi connectivity index (χ0n) is 21.4. The number of ether oxygens (including phenoxy) is 2. The smallest absolute Gasteiger partial charge is 0.260 e. The highest BCUT2D eigenvalue weighted by Gasteiger charge is 2.24. The molecule has 1 amide bonds. The van der Waals surface area contributed by atoms with Crippen molar-refractivity contribution in [2.45, 2.75) is 20.3 Å². The molecular formula is C29H33N3O3S. The molecule has 0 radical (unpaired) electrons. The van der Waals surface area contributed by atoms with Crippen LogP contribution in [0.25, 0.3) is 10.2 Å². The van der Waals surface area contributed by atoms with E-state index in [2.05, 4.69) is 30.9 Å². The van der Waals surface area contributed by atoms with E-state index in [0.29, 0.717) is 28.5 Å². The van der Waals surface area contributed by atoms with Crippen molar-refractivity contribution in [3.8, 4) is 11.5 Å². The third-order valence-electron chi connectivity index (χ3n) is 6.36. The number of rotatable bonds is 11. The van der Waals surface area contributed by atoms with Crippen LogP contribution < -0.4 is 14.4 Å². The molecule has 0 fully saturated rings. The van der Waals surface area contributed by atoms with Crippen molar-refractivity contribution in [1.29, 1.82) is 0 Å². The summed E-state index contributed by atoms with van der Waals surface area (Å²) in [5.74, 6) is 1.32. The molecule has 0 N–H and O–H groups in total. The first-order chi connectivity index (χ1) is 17.6. The van der Waals surface area contributed by atoms with Gasteiger partial charge in [-0.3, -0.25) is 9.69 Å². The lowest BCUT2D eigenvalue weighted by atomic mass is 10.0. The lowest BCUT2D eigenvalue weighted by Crippen LogP contribution is -2.38. The Hall–Kier alpha value is -3.42. The third kappa shape index (κ3) is 5.69. The SMILES string of the molecule is CCN(CC)CCN(C(=O)c1ccc(Cc2ccccc2)cc1)c1nc2c(OC)ccc(OC)c2s1. The summed E-state index contributed by atoms with van der Waals surface area (Å²) in [6.07, 6.45) is 0.832. The lowest BCUT2D eigenvalue weighted by Gasteiger charge is -2.24. The number of likely N-dealkylation sites (N-methyl/N-ethyl adjacent to an activating group) is 1. The zero-order valence-corrected chi connectivity index (χ0v) is 22.2. The Balaban J connectivity index is 1.66. The van der Waals surface area contributed by atoms with Crippen molar-refractivity contribution < 1.29 is 14.3 Å². The molecule has 0 aliphatic heterocycles. The van der Waals surface area contributed by atoms with Crippen LogP contribution in [0.4, 0.5) is 5.13 Å².